The van der Waals surface area contributed by atoms with Gasteiger partial charge in [-0.1, -0.05) is 6.07 Å². The standard InChI is InChI=1S/C19H21N3O2/c1-22(2)15-7-5-6-14(20)18(15)19-13-11-17(24-4)16(23-3)10-12(13)8-9-21-19/h5-11H,20H2,1-4H3. The van der Waals surface area contributed by atoms with Crippen molar-refractivity contribution in [1.82, 2.24) is 4.98 Å². The molecule has 0 unspecified atom stereocenters. The Morgan fingerprint density at radius 2 is 1.71 bits per heavy atom. The molecule has 1 heterocycles. The summed E-state index contributed by atoms with van der Waals surface area (Å²) in [4.78, 5) is 6.64. The van der Waals surface area contributed by atoms with Crippen LogP contribution in [-0.4, -0.2) is 33.3 Å². The van der Waals surface area contributed by atoms with Gasteiger partial charge in [-0.15, -0.1) is 0 Å². The van der Waals surface area contributed by atoms with Crippen LogP contribution in [0.2, 0.25) is 0 Å². The quantitative estimate of drug-likeness (QED) is 0.744. The third kappa shape index (κ3) is 2.58. The molecule has 0 fully saturated rings. The maximum absolute atomic E-state index is 6.29. The Kier molecular flexibility index (Phi) is 4.16. The molecule has 5 heteroatoms. The van der Waals surface area contributed by atoms with Crippen molar-refractivity contribution in [2.45, 2.75) is 0 Å². The Bertz CT molecular complexity index is 891. The van der Waals surface area contributed by atoms with Gasteiger partial charge in [0.1, 0.15) is 0 Å². The Balaban J connectivity index is 2.36. The third-order valence-electron chi connectivity index (χ3n) is 4.06. The van der Waals surface area contributed by atoms with Crippen LogP contribution in [0, 0.1) is 0 Å². The molecule has 124 valence electrons. The fraction of sp³-hybridized carbons (Fsp3) is 0.211. The minimum absolute atomic E-state index is 0.667. The van der Waals surface area contributed by atoms with Crippen LogP contribution in [0.15, 0.2) is 42.6 Å². The van der Waals surface area contributed by atoms with Gasteiger partial charge in [0.25, 0.3) is 0 Å². The summed E-state index contributed by atoms with van der Waals surface area (Å²) in [6.45, 7) is 0. The highest BCUT2D eigenvalue weighted by Crippen LogP contribution is 2.40. The molecule has 0 radical (unpaired) electrons. The van der Waals surface area contributed by atoms with Crippen LogP contribution in [0.4, 0.5) is 11.4 Å². The average molecular weight is 323 g/mol. The molecule has 0 bridgehead atoms. The van der Waals surface area contributed by atoms with Crippen molar-refractivity contribution >= 4 is 22.1 Å². The zero-order chi connectivity index (χ0) is 17.3. The van der Waals surface area contributed by atoms with Gasteiger partial charge in [0, 0.05) is 42.6 Å². The lowest BCUT2D eigenvalue weighted by Gasteiger charge is -2.20. The molecule has 24 heavy (non-hydrogen) atoms. The Morgan fingerprint density at radius 3 is 2.38 bits per heavy atom. The second-order valence-corrected chi connectivity index (χ2v) is 5.72. The first-order valence-corrected chi connectivity index (χ1v) is 7.63. The summed E-state index contributed by atoms with van der Waals surface area (Å²) in [5.74, 6) is 1.36. The van der Waals surface area contributed by atoms with Crippen LogP contribution in [0.3, 0.4) is 0 Å². The van der Waals surface area contributed by atoms with E-state index in [4.69, 9.17) is 15.2 Å². The lowest BCUT2D eigenvalue weighted by Crippen LogP contribution is -2.11. The smallest absolute Gasteiger partial charge is 0.161 e. The fourth-order valence-electron chi connectivity index (χ4n) is 2.89. The molecule has 0 aliphatic heterocycles. The van der Waals surface area contributed by atoms with Crippen LogP contribution >= 0.6 is 0 Å². The Morgan fingerprint density at radius 1 is 1.00 bits per heavy atom. The number of anilines is 2. The van der Waals surface area contributed by atoms with Gasteiger partial charge in [-0.25, -0.2) is 0 Å². The van der Waals surface area contributed by atoms with Gasteiger partial charge in [-0.05, 0) is 35.7 Å². The van der Waals surface area contributed by atoms with Crippen molar-refractivity contribution in [2.75, 3.05) is 38.9 Å². The number of hydrogen-bond acceptors (Lipinski definition) is 5. The highest BCUT2D eigenvalue weighted by atomic mass is 16.5. The molecule has 0 aliphatic carbocycles. The second kappa shape index (κ2) is 6.28. The topological polar surface area (TPSA) is 60.6 Å². The summed E-state index contributed by atoms with van der Waals surface area (Å²) < 4.78 is 10.8. The number of fused-ring (bicyclic) bond motifs is 1. The number of nitrogens with zero attached hydrogens (tertiary/aromatic N) is 2. The summed E-state index contributed by atoms with van der Waals surface area (Å²) in [5, 5.41) is 1.99. The number of ether oxygens (including phenoxy) is 2. The van der Waals surface area contributed by atoms with Gasteiger partial charge < -0.3 is 20.1 Å². The predicted molar refractivity (Wildman–Crippen MR) is 99.0 cm³/mol. The zero-order valence-corrected chi connectivity index (χ0v) is 14.3. The molecular weight excluding hydrogens is 302 g/mol. The fourth-order valence-corrected chi connectivity index (χ4v) is 2.89. The lowest BCUT2D eigenvalue weighted by molar-refractivity contribution is 0.356. The van der Waals surface area contributed by atoms with E-state index in [-0.39, 0.29) is 0 Å². The first kappa shape index (κ1) is 15.9. The summed E-state index contributed by atoms with van der Waals surface area (Å²) in [6, 6.07) is 11.7. The summed E-state index contributed by atoms with van der Waals surface area (Å²) in [6.07, 6.45) is 1.79. The number of nitrogens with two attached hydrogens (primary N) is 1. The highest BCUT2D eigenvalue weighted by Gasteiger charge is 2.16. The summed E-state index contributed by atoms with van der Waals surface area (Å²) in [5.41, 5.74) is 9.74. The van der Waals surface area contributed by atoms with Crippen LogP contribution in [0.5, 0.6) is 11.5 Å². The van der Waals surface area contributed by atoms with Gasteiger partial charge in [0.05, 0.1) is 19.9 Å². The molecule has 0 spiro atoms. The van der Waals surface area contributed by atoms with E-state index in [1.165, 1.54) is 0 Å². The summed E-state index contributed by atoms with van der Waals surface area (Å²) in [7, 11) is 7.24. The number of methoxy groups -OCH3 is 2. The molecule has 3 aromatic rings. The van der Waals surface area contributed by atoms with E-state index in [0.717, 1.165) is 27.7 Å². The van der Waals surface area contributed by atoms with Crippen molar-refractivity contribution in [2.24, 2.45) is 0 Å². The number of rotatable bonds is 4. The molecule has 0 saturated carbocycles. The predicted octanol–water partition coefficient (Wildman–Crippen LogP) is 3.57. The van der Waals surface area contributed by atoms with Gasteiger partial charge in [0.2, 0.25) is 0 Å². The molecule has 0 aliphatic rings. The molecule has 2 aromatic carbocycles. The van der Waals surface area contributed by atoms with E-state index in [1.807, 2.05) is 55.4 Å². The maximum Gasteiger partial charge on any atom is 0.161 e. The van der Waals surface area contributed by atoms with Crippen LogP contribution in [0.25, 0.3) is 22.0 Å². The minimum Gasteiger partial charge on any atom is -0.493 e. The SMILES string of the molecule is COc1cc2ccnc(-c3c(N)cccc3N(C)C)c2cc1OC. The average Bonchev–Trinajstić information content (AvgIpc) is 2.59. The molecule has 1 aromatic heterocycles. The Hall–Kier alpha value is -2.95. The molecule has 0 atom stereocenters. The van der Waals surface area contributed by atoms with Gasteiger partial charge in [0.15, 0.2) is 11.5 Å². The zero-order valence-electron chi connectivity index (χ0n) is 14.3. The molecule has 2 N–H and O–H groups in total. The first-order chi connectivity index (χ1) is 11.6. The number of nitrogen functional groups attached to an aromatic ring is 1. The first-order valence-electron chi connectivity index (χ1n) is 7.63. The molecule has 0 amide bonds. The molecule has 3 rings (SSSR count). The number of hydrogen-bond donors (Lipinski definition) is 1. The minimum atomic E-state index is 0.667. The Labute approximate surface area is 141 Å². The van der Waals surface area contributed by atoms with Crippen LogP contribution in [-0.2, 0) is 0 Å². The monoisotopic (exact) mass is 323 g/mol. The summed E-state index contributed by atoms with van der Waals surface area (Å²) >= 11 is 0. The van der Waals surface area contributed by atoms with Crippen molar-refractivity contribution in [1.29, 1.82) is 0 Å². The van der Waals surface area contributed by atoms with E-state index in [9.17, 15) is 0 Å². The normalized spacial score (nSPS) is 10.7. The maximum atomic E-state index is 6.29. The highest BCUT2D eigenvalue weighted by molar-refractivity contribution is 6.02. The largest absolute Gasteiger partial charge is 0.493 e. The van der Waals surface area contributed by atoms with E-state index in [0.29, 0.717) is 17.2 Å². The molecule has 5 nitrogen and oxygen atoms in total. The molecular formula is C19H21N3O2. The van der Waals surface area contributed by atoms with Crippen molar-refractivity contribution in [3.8, 4) is 22.8 Å². The number of aromatic nitrogens is 1. The van der Waals surface area contributed by atoms with E-state index >= 15 is 0 Å². The second-order valence-electron chi connectivity index (χ2n) is 5.72. The van der Waals surface area contributed by atoms with Crippen molar-refractivity contribution < 1.29 is 9.47 Å². The van der Waals surface area contributed by atoms with Crippen molar-refractivity contribution in [3.63, 3.8) is 0 Å². The number of pyridine rings is 1. The van der Waals surface area contributed by atoms with Gasteiger partial charge in [-0.2, -0.15) is 0 Å². The lowest BCUT2D eigenvalue weighted by atomic mass is 10.00. The van der Waals surface area contributed by atoms with Gasteiger partial charge >= 0.3 is 0 Å². The van der Waals surface area contributed by atoms with E-state index in [1.54, 1.807) is 20.4 Å². The van der Waals surface area contributed by atoms with Gasteiger partial charge in [-0.3, -0.25) is 4.98 Å². The number of benzene rings is 2. The van der Waals surface area contributed by atoms with E-state index < -0.39 is 0 Å². The van der Waals surface area contributed by atoms with E-state index in [2.05, 4.69) is 4.98 Å². The molecule has 0 saturated heterocycles. The third-order valence-corrected chi connectivity index (χ3v) is 4.06. The van der Waals surface area contributed by atoms with Crippen molar-refractivity contribution in [3.05, 3.63) is 42.6 Å². The van der Waals surface area contributed by atoms with Crippen LogP contribution in [0.1, 0.15) is 0 Å². The van der Waals surface area contributed by atoms with Crippen LogP contribution < -0.4 is 20.1 Å².